The summed E-state index contributed by atoms with van der Waals surface area (Å²) in [4.78, 5) is 31.9. The quantitative estimate of drug-likeness (QED) is 0.195. The van der Waals surface area contributed by atoms with Gasteiger partial charge in [-0.05, 0) is 36.8 Å². The number of nitro groups is 1. The van der Waals surface area contributed by atoms with Gasteiger partial charge in [0.2, 0.25) is 0 Å². The molecule has 0 spiro atoms. The lowest BCUT2D eigenvalue weighted by atomic mass is 10.1. The molecule has 3 N–H and O–H groups in total. The van der Waals surface area contributed by atoms with E-state index in [9.17, 15) is 14.9 Å². The highest BCUT2D eigenvalue weighted by molar-refractivity contribution is 5.95. The number of carbonyl (C=O) groups excluding carboxylic acids is 1. The Kier molecular flexibility index (Phi) is 6.93. The largest absolute Gasteiger partial charge is 0.382 e. The van der Waals surface area contributed by atoms with Crippen LogP contribution in [-0.2, 0) is 6.52 Å². The van der Waals surface area contributed by atoms with Crippen LogP contribution in [0.15, 0.2) is 95.3 Å². The summed E-state index contributed by atoms with van der Waals surface area (Å²) in [5.41, 5.74) is 9.03. The molecule has 36 heavy (non-hydrogen) atoms. The Morgan fingerprint density at radius 3 is 2.61 bits per heavy atom. The maximum atomic E-state index is 12.8. The number of azo groups is 1. The first-order valence-electron chi connectivity index (χ1n) is 11.6. The highest BCUT2D eigenvalue weighted by Crippen LogP contribution is 2.27. The first-order valence-corrected chi connectivity index (χ1v) is 11.0. The minimum Gasteiger partial charge on any atom is -0.382 e. The van der Waals surface area contributed by atoms with Crippen molar-refractivity contribution in [3.63, 3.8) is 0 Å². The zero-order valence-electron chi connectivity index (χ0n) is 20.3. The van der Waals surface area contributed by atoms with E-state index in [1.807, 2.05) is 18.2 Å². The van der Waals surface area contributed by atoms with Crippen LogP contribution in [0.2, 0.25) is 0 Å². The molecule has 2 atom stereocenters. The SMILES string of the molecule is [2H]C(NC(=O)c1cccc(-c2cnc(N)c(C(C)N=Nc3ccc([N+](=O)[O-])cc3)n2)c1)c1ccccc1. The average Bonchev–Trinajstić information content (AvgIpc) is 2.92. The lowest BCUT2D eigenvalue weighted by Crippen LogP contribution is -2.22. The van der Waals surface area contributed by atoms with Crippen molar-refractivity contribution >= 4 is 23.1 Å². The van der Waals surface area contributed by atoms with Crippen LogP contribution in [0.5, 0.6) is 0 Å². The zero-order valence-corrected chi connectivity index (χ0v) is 19.3. The number of amides is 1. The molecule has 1 aromatic heterocycles. The highest BCUT2D eigenvalue weighted by atomic mass is 16.6. The predicted molar refractivity (Wildman–Crippen MR) is 136 cm³/mol. The van der Waals surface area contributed by atoms with Gasteiger partial charge in [-0.3, -0.25) is 14.9 Å². The van der Waals surface area contributed by atoms with E-state index in [4.69, 9.17) is 7.10 Å². The average molecular weight is 483 g/mol. The minimum atomic E-state index is -0.901. The summed E-state index contributed by atoms with van der Waals surface area (Å²) in [6, 6.07) is 21.0. The molecular formula is C26H23N7O3. The Morgan fingerprint density at radius 1 is 1.14 bits per heavy atom. The van der Waals surface area contributed by atoms with Gasteiger partial charge in [-0.1, -0.05) is 42.5 Å². The molecule has 0 fully saturated rings. The van der Waals surface area contributed by atoms with E-state index < -0.39 is 17.5 Å². The molecule has 2 unspecified atom stereocenters. The summed E-state index contributed by atoms with van der Waals surface area (Å²) in [7, 11) is 0. The Hall–Kier alpha value is -4.99. The molecule has 0 aliphatic carbocycles. The van der Waals surface area contributed by atoms with Crippen LogP contribution >= 0.6 is 0 Å². The van der Waals surface area contributed by atoms with Gasteiger partial charge in [0.25, 0.3) is 11.6 Å². The molecule has 4 aromatic rings. The fourth-order valence-electron chi connectivity index (χ4n) is 3.31. The number of nitrogens with one attached hydrogen (secondary N) is 1. The first-order chi connectivity index (χ1) is 17.8. The van der Waals surface area contributed by atoms with Crippen molar-refractivity contribution in [1.82, 2.24) is 15.3 Å². The molecule has 1 heterocycles. The number of anilines is 1. The fraction of sp³-hybridized carbons (Fsp3) is 0.115. The smallest absolute Gasteiger partial charge is 0.269 e. The number of rotatable bonds is 8. The van der Waals surface area contributed by atoms with Crippen molar-refractivity contribution in [2.75, 3.05) is 5.73 Å². The fourth-order valence-corrected chi connectivity index (χ4v) is 3.31. The van der Waals surface area contributed by atoms with E-state index in [-0.39, 0.29) is 17.4 Å². The molecule has 3 aromatic carbocycles. The number of nitrogen functional groups attached to an aromatic ring is 1. The van der Waals surface area contributed by atoms with E-state index >= 15 is 0 Å². The maximum Gasteiger partial charge on any atom is 0.269 e. The maximum absolute atomic E-state index is 12.8. The molecule has 0 aliphatic heterocycles. The number of non-ortho nitro benzene ring substituents is 1. The lowest BCUT2D eigenvalue weighted by molar-refractivity contribution is -0.384. The summed E-state index contributed by atoms with van der Waals surface area (Å²) in [6.07, 6.45) is 1.51. The standard InChI is InChI=1S/C26H23N7O3/c1-17(31-32-21-10-12-22(13-11-21)33(35)36)24-25(27)28-16-23(30-24)19-8-5-9-20(14-19)26(34)29-15-18-6-3-2-4-7-18/h2-14,16-17H,15H2,1H3,(H2,27,28)(H,29,34)/i15D. The lowest BCUT2D eigenvalue weighted by Gasteiger charge is -2.11. The molecule has 0 saturated carbocycles. The minimum absolute atomic E-state index is 0.0379. The van der Waals surface area contributed by atoms with Crippen molar-refractivity contribution in [2.45, 2.75) is 19.5 Å². The number of nitrogens with two attached hydrogens (primary N) is 1. The molecule has 10 heteroatoms. The van der Waals surface area contributed by atoms with Gasteiger partial charge in [-0.2, -0.15) is 10.2 Å². The molecule has 0 aliphatic rings. The van der Waals surface area contributed by atoms with Gasteiger partial charge in [-0.25, -0.2) is 9.97 Å². The van der Waals surface area contributed by atoms with Crippen molar-refractivity contribution in [3.8, 4) is 11.3 Å². The number of hydrogen-bond donors (Lipinski definition) is 2. The molecule has 0 saturated heterocycles. The van der Waals surface area contributed by atoms with E-state index in [0.717, 1.165) is 0 Å². The van der Waals surface area contributed by atoms with Crippen LogP contribution in [0.4, 0.5) is 17.2 Å². The third kappa shape index (κ3) is 5.92. The van der Waals surface area contributed by atoms with Crippen LogP contribution < -0.4 is 11.1 Å². The van der Waals surface area contributed by atoms with Crippen molar-refractivity contribution in [2.24, 2.45) is 10.2 Å². The highest BCUT2D eigenvalue weighted by Gasteiger charge is 2.15. The summed E-state index contributed by atoms with van der Waals surface area (Å²) < 4.78 is 8.22. The van der Waals surface area contributed by atoms with E-state index in [0.29, 0.717) is 33.8 Å². The number of nitrogens with zero attached hydrogens (tertiary/aromatic N) is 5. The van der Waals surface area contributed by atoms with Gasteiger partial charge in [0.05, 0.1) is 23.9 Å². The van der Waals surface area contributed by atoms with Gasteiger partial charge in [-0.15, -0.1) is 0 Å². The first kappa shape index (κ1) is 22.8. The van der Waals surface area contributed by atoms with Gasteiger partial charge in [0.1, 0.15) is 17.6 Å². The van der Waals surface area contributed by atoms with Crippen LogP contribution in [0, 0.1) is 10.1 Å². The van der Waals surface area contributed by atoms with Crippen molar-refractivity contribution in [3.05, 3.63) is 112 Å². The summed E-state index contributed by atoms with van der Waals surface area (Å²) >= 11 is 0. The summed E-state index contributed by atoms with van der Waals surface area (Å²) in [6.45, 7) is 0.850. The number of aromatic nitrogens is 2. The summed E-state index contributed by atoms with van der Waals surface area (Å²) in [5.74, 6) is -0.202. The molecule has 0 radical (unpaired) electrons. The van der Waals surface area contributed by atoms with Crippen LogP contribution in [0.25, 0.3) is 11.3 Å². The molecule has 4 rings (SSSR count). The van der Waals surface area contributed by atoms with Gasteiger partial charge >= 0.3 is 0 Å². The predicted octanol–water partition coefficient (Wildman–Crippen LogP) is 5.41. The third-order valence-corrected chi connectivity index (χ3v) is 5.22. The Balaban J connectivity index is 1.52. The number of nitro benzene ring substituents is 1. The van der Waals surface area contributed by atoms with E-state index in [1.165, 1.54) is 30.5 Å². The molecule has 0 bridgehead atoms. The van der Waals surface area contributed by atoms with Crippen LogP contribution in [0.3, 0.4) is 0 Å². The second-order valence-electron chi connectivity index (χ2n) is 7.80. The molecule has 180 valence electrons. The van der Waals surface area contributed by atoms with Crippen LogP contribution in [0.1, 0.15) is 36.0 Å². The Morgan fingerprint density at radius 2 is 1.89 bits per heavy atom. The van der Waals surface area contributed by atoms with Crippen LogP contribution in [-0.4, -0.2) is 20.8 Å². The Labute approximate surface area is 208 Å². The Bertz CT molecular complexity index is 1450. The second-order valence-corrected chi connectivity index (χ2v) is 7.80. The second kappa shape index (κ2) is 11.0. The topological polar surface area (TPSA) is 149 Å². The van der Waals surface area contributed by atoms with Crippen molar-refractivity contribution < 1.29 is 11.1 Å². The van der Waals surface area contributed by atoms with Gasteiger partial charge in [0, 0.05) is 29.8 Å². The zero-order chi connectivity index (χ0) is 26.4. The molecule has 10 nitrogen and oxygen atoms in total. The summed E-state index contributed by atoms with van der Waals surface area (Å²) in [5, 5.41) is 21.8. The third-order valence-electron chi connectivity index (χ3n) is 5.22. The van der Waals surface area contributed by atoms with Crippen molar-refractivity contribution in [1.29, 1.82) is 0 Å². The van der Waals surface area contributed by atoms with Gasteiger partial charge < -0.3 is 11.1 Å². The monoisotopic (exact) mass is 482 g/mol. The number of benzene rings is 3. The van der Waals surface area contributed by atoms with Gasteiger partial charge in [0.15, 0.2) is 0 Å². The number of hydrogen-bond acceptors (Lipinski definition) is 8. The molecule has 1 amide bonds. The van der Waals surface area contributed by atoms with E-state index in [2.05, 4.69) is 25.5 Å². The van der Waals surface area contributed by atoms with E-state index in [1.54, 1.807) is 43.3 Å². The molecular weight excluding hydrogens is 458 g/mol. The normalized spacial score (nSPS) is 13.1. The number of carbonyl (C=O) groups is 1.